The molecular formula is C31H33NO5. The number of benzene rings is 3. The Bertz CT molecular complexity index is 1150. The van der Waals surface area contributed by atoms with Crippen molar-refractivity contribution < 1.29 is 23.7 Å². The van der Waals surface area contributed by atoms with Crippen LogP contribution in [0.2, 0.25) is 0 Å². The van der Waals surface area contributed by atoms with E-state index in [9.17, 15) is 4.79 Å². The van der Waals surface area contributed by atoms with Crippen molar-refractivity contribution in [3.63, 3.8) is 0 Å². The molecule has 3 atom stereocenters. The molecule has 0 radical (unpaired) electrons. The van der Waals surface area contributed by atoms with Crippen molar-refractivity contribution in [2.75, 3.05) is 13.2 Å². The van der Waals surface area contributed by atoms with Gasteiger partial charge in [0.25, 0.3) is 0 Å². The van der Waals surface area contributed by atoms with E-state index in [2.05, 4.69) is 0 Å². The van der Waals surface area contributed by atoms with E-state index >= 15 is 0 Å². The van der Waals surface area contributed by atoms with Gasteiger partial charge in [0.05, 0.1) is 32.1 Å². The first-order valence-electron chi connectivity index (χ1n) is 12.9. The molecule has 3 aromatic carbocycles. The average Bonchev–Trinajstić information content (AvgIpc) is 3.38. The van der Waals surface area contributed by atoms with Crippen LogP contribution in [0.1, 0.15) is 29.5 Å². The molecule has 0 spiro atoms. The second kappa shape index (κ2) is 12.7. The van der Waals surface area contributed by atoms with Gasteiger partial charge in [-0.2, -0.15) is 0 Å². The molecule has 1 fully saturated rings. The smallest absolute Gasteiger partial charge is 0.226 e. The highest BCUT2D eigenvalue weighted by Crippen LogP contribution is 2.31. The van der Waals surface area contributed by atoms with Crippen molar-refractivity contribution in [1.29, 1.82) is 0 Å². The first-order chi connectivity index (χ1) is 18.3. The topological polar surface area (TPSA) is 57.2 Å². The summed E-state index contributed by atoms with van der Waals surface area (Å²) in [5, 5.41) is 0. The molecule has 2 heterocycles. The summed E-state index contributed by atoms with van der Waals surface area (Å²) in [4.78, 5) is 14.5. The summed E-state index contributed by atoms with van der Waals surface area (Å²) in [5.74, 6) is 0.0868. The van der Waals surface area contributed by atoms with Gasteiger partial charge in [-0.1, -0.05) is 91.0 Å². The molecule has 192 valence electrons. The van der Waals surface area contributed by atoms with E-state index in [0.29, 0.717) is 39.4 Å². The van der Waals surface area contributed by atoms with E-state index < -0.39 is 18.3 Å². The highest BCUT2D eigenvalue weighted by Gasteiger charge is 2.43. The average molecular weight is 500 g/mol. The lowest BCUT2D eigenvalue weighted by Gasteiger charge is -2.40. The van der Waals surface area contributed by atoms with Gasteiger partial charge in [-0.15, -0.1) is 0 Å². The summed E-state index contributed by atoms with van der Waals surface area (Å²) in [5.41, 5.74) is 3.92. The van der Waals surface area contributed by atoms with Crippen LogP contribution in [-0.2, 0) is 43.6 Å². The fraction of sp³-hybridized carbons (Fsp3) is 0.323. The number of rotatable bonds is 11. The van der Waals surface area contributed by atoms with Crippen LogP contribution in [0.5, 0.6) is 0 Å². The lowest BCUT2D eigenvalue weighted by atomic mass is 10.0. The molecule has 1 amide bonds. The summed E-state index contributed by atoms with van der Waals surface area (Å²) in [6, 6.07) is 30.1. The number of carbonyl (C=O) groups excluding carboxylic acids is 1. The number of amides is 1. The molecule has 2 aliphatic rings. The van der Waals surface area contributed by atoms with Crippen LogP contribution in [0, 0.1) is 0 Å². The van der Waals surface area contributed by atoms with Gasteiger partial charge < -0.3 is 23.8 Å². The third-order valence-corrected chi connectivity index (χ3v) is 6.66. The minimum atomic E-state index is -0.481. The summed E-state index contributed by atoms with van der Waals surface area (Å²) < 4.78 is 25.3. The van der Waals surface area contributed by atoms with Gasteiger partial charge in [-0.05, 0) is 23.1 Å². The number of nitrogens with zero attached hydrogens (tertiary/aromatic N) is 1. The Morgan fingerprint density at radius 3 is 1.89 bits per heavy atom. The number of carbonyl (C=O) groups is 1. The first-order valence-corrected chi connectivity index (χ1v) is 12.9. The normalized spacial score (nSPS) is 21.5. The molecule has 0 N–H and O–H groups in total. The van der Waals surface area contributed by atoms with Crippen LogP contribution in [0.3, 0.4) is 0 Å². The molecule has 1 saturated heterocycles. The molecule has 6 heteroatoms. The van der Waals surface area contributed by atoms with E-state index in [1.807, 2.05) is 91.0 Å². The highest BCUT2D eigenvalue weighted by molar-refractivity contribution is 5.80. The predicted molar refractivity (Wildman–Crippen MR) is 140 cm³/mol. The fourth-order valence-corrected chi connectivity index (χ4v) is 4.71. The third kappa shape index (κ3) is 6.66. The summed E-state index contributed by atoms with van der Waals surface area (Å²) in [6.45, 7) is 2.25. The maximum absolute atomic E-state index is 12.7. The monoisotopic (exact) mass is 499 g/mol. The van der Waals surface area contributed by atoms with Crippen molar-refractivity contribution in [3.05, 3.63) is 120 Å². The molecular weight excluding hydrogens is 466 g/mol. The Balaban J connectivity index is 1.37. The molecule has 0 aromatic heterocycles. The Morgan fingerprint density at radius 1 is 0.757 bits per heavy atom. The maximum atomic E-state index is 12.7. The molecule has 0 aliphatic carbocycles. The zero-order valence-corrected chi connectivity index (χ0v) is 20.9. The maximum Gasteiger partial charge on any atom is 0.226 e. The zero-order chi connectivity index (χ0) is 25.3. The van der Waals surface area contributed by atoms with Crippen LogP contribution >= 0.6 is 0 Å². The molecule has 37 heavy (non-hydrogen) atoms. The van der Waals surface area contributed by atoms with E-state index in [1.165, 1.54) is 0 Å². The number of hydrogen-bond donors (Lipinski definition) is 0. The van der Waals surface area contributed by atoms with Gasteiger partial charge in [-0.3, -0.25) is 4.79 Å². The standard InChI is InChI=1S/C31H33NO5/c33-29-17-10-18-32(29)27-22-35-28(23-34-19-24-11-4-1-5-12-24)31(37-21-26-15-8-3-9-16-26)30(27)36-20-25-13-6-2-7-14-25/h1-9,11-16,22,28,30-31H,10,17-21,23H2/t28-,30-,31+/m1/s1. The van der Waals surface area contributed by atoms with Crippen LogP contribution in [-0.4, -0.2) is 42.3 Å². The van der Waals surface area contributed by atoms with Crippen LogP contribution in [0.25, 0.3) is 0 Å². The first kappa shape index (κ1) is 25.2. The Labute approximate surface area is 218 Å². The predicted octanol–water partition coefficient (Wildman–Crippen LogP) is 5.24. The largest absolute Gasteiger partial charge is 0.491 e. The Hall–Kier alpha value is -3.45. The lowest BCUT2D eigenvalue weighted by molar-refractivity contribution is -0.161. The Morgan fingerprint density at radius 2 is 1.32 bits per heavy atom. The quantitative estimate of drug-likeness (QED) is 0.361. The Kier molecular flexibility index (Phi) is 8.64. The van der Waals surface area contributed by atoms with Crippen molar-refractivity contribution in [2.24, 2.45) is 0 Å². The number of hydrogen-bond acceptors (Lipinski definition) is 5. The summed E-state index contributed by atoms with van der Waals surface area (Å²) >= 11 is 0. The molecule has 0 saturated carbocycles. The van der Waals surface area contributed by atoms with Gasteiger partial charge >= 0.3 is 0 Å². The van der Waals surface area contributed by atoms with Gasteiger partial charge in [0, 0.05) is 13.0 Å². The number of ether oxygens (including phenoxy) is 4. The SMILES string of the molecule is O=C1CCCN1C1=CO[C@H](COCc2ccccc2)[C@H](OCc2ccccc2)[C@@H]1OCc1ccccc1. The van der Waals surface area contributed by atoms with Crippen LogP contribution < -0.4 is 0 Å². The number of likely N-dealkylation sites (tertiary alicyclic amines) is 1. The zero-order valence-electron chi connectivity index (χ0n) is 20.9. The van der Waals surface area contributed by atoms with Crippen molar-refractivity contribution in [2.45, 2.75) is 51.0 Å². The van der Waals surface area contributed by atoms with Crippen molar-refractivity contribution in [1.82, 2.24) is 4.90 Å². The summed E-state index contributed by atoms with van der Waals surface area (Å²) in [6.07, 6.45) is 1.69. The second-order valence-corrected chi connectivity index (χ2v) is 9.35. The minimum Gasteiger partial charge on any atom is -0.491 e. The molecule has 2 aliphatic heterocycles. The fourth-order valence-electron chi connectivity index (χ4n) is 4.71. The van der Waals surface area contributed by atoms with Gasteiger partial charge in [0.2, 0.25) is 5.91 Å². The van der Waals surface area contributed by atoms with E-state index in [1.54, 1.807) is 11.2 Å². The molecule has 6 nitrogen and oxygen atoms in total. The molecule has 5 rings (SSSR count). The molecule has 3 aromatic rings. The van der Waals surface area contributed by atoms with Gasteiger partial charge in [-0.25, -0.2) is 0 Å². The lowest BCUT2D eigenvalue weighted by Crippen LogP contribution is -2.51. The highest BCUT2D eigenvalue weighted by atomic mass is 16.6. The van der Waals surface area contributed by atoms with E-state index in [-0.39, 0.29) is 5.91 Å². The third-order valence-electron chi connectivity index (χ3n) is 6.66. The van der Waals surface area contributed by atoms with Gasteiger partial charge in [0.1, 0.15) is 18.5 Å². The van der Waals surface area contributed by atoms with Crippen LogP contribution in [0.4, 0.5) is 0 Å². The van der Waals surface area contributed by atoms with Gasteiger partial charge in [0.15, 0.2) is 6.10 Å². The molecule has 0 bridgehead atoms. The van der Waals surface area contributed by atoms with Crippen molar-refractivity contribution in [3.8, 4) is 0 Å². The van der Waals surface area contributed by atoms with Crippen molar-refractivity contribution >= 4 is 5.91 Å². The van der Waals surface area contributed by atoms with Crippen LogP contribution in [0.15, 0.2) is 103 Å². The minimum absolute atomic E-state index is 0.0868. The van der Waals surface area contributed by atoms with E-state index in [0.717, 1.165) is 28.8 Å². The summed E-state index contributed by atoms with van der Waals surface area (Å²) in [7, 11) is 0. The second-order valence-electron chi connectivity index (χ2n) is 9.35. The molecule has 0 unspecified atom stereocenters. The van der Waals surface area contributed by atoms with E-state index in [4.69, 9.17) is 18.9 Å².